The number of ether oxygens (including phenoxy) is 1. The zero-order valence-corrected chi connectivity index (χ0v) is 10.3. The second-order valence-electron chi connectivity index (χ2n) is 3.46. The van der Waals surface area contributed by atoms with E-state index in [4.69, 9.17) is 4.74 Å². The van der Waals surface area contributed by atoms with E-state index >= 15 is 0 Å². The fourth-order valence-electron chi connectivity index (χ4n) is 1.50. The molecule has 0 spiro atoms. The summed E-state index contributed by atoms with van der Waals surface area (Å²) in [5.74, 6) is -0.551. The minimum absolute atomic E-state index is 0.224. The number of rotatable bonds is 6. The van der Waals surface area contributed by atoms with E-state index in [9.17, 15) is 19.1 Å². The molecule has 0 radical (unpaired) electrons. The van der Waals surface area contributed by atoms with Gasteiger partial charge in [0.2, 0.25) is 0 Å². The van der Waals surface area contributed by atoms with Crippen LogP contribution in [-0.2, 0) is 14.1 Å². The van der Waals surface area contributed by atoms with Crippen LogP contribution in [-0.4, -0.2) is 27.5 Å². The molecule has 0 aromatic rings. The van der Waals surface area contributed by atoms with Gasteiger partial charge in [-0.15, -0.1) is 0 Å². The molecule has 0 unspecified atom stereocenters. The van der Waals surface area contributed by atoms with E-state index in [0.29, 0.717) is 0 Å². The molecule has 0 aliphatic carbocycles. The smallest absolute Gasteiger partial charge is 0.332 e. The Morgan fingerprint density at radius 3 is 2.00 bits per heavy atom. The highest BCUT2D eigenvalue weighted by Crippen LogP contribution is 2.56. The Bertz CT molecular complexity index is 253. The third-order valence-corrected chi connectivity index (χ3v) is 4.74. The molecule has 0 rings (SSSR count). The van der Waals surface area contributed by atoms with Crippen LogP contribution in [0.1, 0.15) is 40.0 Å². The molecule has 0 saturated heterocycles. The number of carbonyl (C=O) groups excluding carboxylic acids is 1. The van der Waals surface area contributed by atoms with Gasteiger partial charge in [-0.2, -0.15) is 0 Å². The maximum atomic E-state index is 11.3. The molecule has 0 bridgehead atoms. The normalized spacial score (nSPS) is 12.6. The molecular formula is C9H19O5P. The van der Waals surface area contributed by atoms with Crippen molar-refractivity contribution in [2.45, 2.75) is 45.2 Å². The van der Waals surface area contributed by atoms with Gasteiger partial charge >= 0.3 is 13.6 Å². The average molecular weight is 238 g/mol. The molecule has 0 amide bonds. The predicted molar refractivity (Wildman–Crippen MR) is 56.6 cm³/mol. The Kier molecular flexibility index (Phi) is 5.49. The van der Waals surface area contributed by atoms with Gasteiger partial charge in [0.05, 0.1) is 18.2 Å². The van der Waals surface area contributed by atoms with Gasteiger partial charge in [-0.1, -0.05) is 13.8 Å². The summed E-state index contributed by atoms with van der Waals surface area (Å²) >= 11 is 0. The van der Waals surface area contributed by atoms with E-state index < -0.39 is 18.7 Å². The van der Waals surface area contributed by atoms with Crippen LogP contribution in [0.4, 0.5) is 0 Å². The van der Waals surface area contributed by atoms with Crippen molar-refractivity contribution in [1.82, 2.24) is 0 Å². The van der Waals surface area contributed by atoms with Crippen molar-refractivity contribution < 1.29 is 23.9 Å². The average Bonchev–Trinajstić information content (AvgIpc) is 2.12. The molecular weight excluding hydrogens is 219 g/mol. The van der Waals surface area contributed by atoms with Gasteiger partial charge in [0, 0.05) is 0 Å². The predicted octanol–water partition coefficient (Wildman–Crippen LogP) is 1.68. The number of hydrogen-bond donors (Lipinski definition) is 2. The number of esters is 1. The Morgan fingerprint density at radius 2 is 1.73 bits per heavy atom. The summed E-state index contributed by atoms with van der Waals surface area (Å²) in [5.41, 5.74) is 0. The van der Waals surface area contributed by atoms with Crippen molar-refractivity contribution in [3.05, 3.63) is 0 Å². The molecule has 0 aromatic carbocycles. The van der Waals surface area contributed by atoms with Gasteiger partial charge in [-0.3, -0.25) is 9.36 Å². The van der Waals surface area contributed by atoms with Gasteiger partial charge in [0.1, 0.15) is 0 Å². The first kappa shape index (κ1) is 14.6. The minimum Gasteiger partial charge on any atom is -0.466 e. The van der Waals surface area contributed by atoms with Crippen molar-refractivity contribution in [3.8, 4) is 0 Å². The van der Waals surface area contributed by atoms with Crippen molar-refractivity contribution in [1.29, 1.82) is 0 Å². The maximum absolute atomic E-state index is 11.3. The number of hydrogen-bond acceptors (Lipinski definition) is 3. The lowest BCUT2D eigenvalue weighted by Gasteiger charge is -2.31. The second kappa shape index (κ2) is 5.64. The van der Waals surface area contributed by atoms with Gasteiger partial charge in [-0.05, 0) is 19.8 Å². The summed E-state index contributed by atoms with van der Waals surface area (Å²) in [7, 11) is -4.29. The molecule has 15 heavy (non-hydrogen) atoms. The van der Waals surface area contributed by atoms with Gasteiger partial charge < -0.3 is 14.5 Å². The summed E-state index contributed by atoms with van der Waals surface area (Å²) in [5, 5.41) is -1.26. The summed E-state index contributed by atoms with van der Waals surface area (Å²) < 4.78 is 16.1. The fraction of sp³-hybridized carbons (Fsp3) is 0.889. The largest absolute Gasteiger partial charge is 0.466 e. The molecule has 0 aliphatic rings. The van der Waals surface area contributed by atoms with Crippen LogP contribution in [0.15, 0.2) is 0 Å². The van der Waals surface area contributed by atoms with E-state index in [2.05, 4.69) is 0 Å². The Balaban J connectivity index is 4.81. The summed E-state index contributed by atoms with van der Waals surface area (Å²) in [6.45, 7) is 5.22. The van der Waals surface area contributed by atoms with Crippen molar-refractivity contribution in [2.24, 2.45) is 0 Å². The molecule has 0 heterocycles. The van der Waals surface area contributed by atoms with Crippen LogP contribution < -0.4 is 0 Å². The van der Waals surface area contributed by atoms with Crippen LogP contribution in [0.3, 0.4) is 0 Å². The quantitative estimate of drug-likeness (QED) is 0.543. The highest BCUT2D eigenvalue weighted by atomic mass is 31.2. The molecule has 2 N–H and O–H groups in total. The summed E-state index contributed by atoms with van der Waals surface area (Å²) in [6, 6.07) is 0. The van der Waals surface area contributed by atoms with E-state index in [1.54, 1.807) is 20.8 Å². The Morgan fingerprint density at radius 1 is 1.27 bits per heavy atom. The van der Waals surface area contributed by atoms with Crippen molar-refractivity contribution >= 4 is 13.6 Å². The molecule has 0 aromatic heterocycles. The van der Waals surface area contributed by atoms with Gasteiger partial charge in [-0.25, -0.2) is 0 Å². The first-order valence-electron chi connectivity index (χ1n) is 5.04. The highest BCUT2D eigenvalue weighted by Gasteiger charge is 2.45. The summed E-state index contributed by atoms with van der Waals surface area (Å²) in [4.78, 5) is 29.8. The zero-order valence-electron chi connectivity index (χ0n) is 9.39. The summed E-state index contributed by atoms with van der Waals surface area (Å²) in [6.07, 6.45) is 0.289. The molecule has 90 valence electrons. The van der Waals surface area contributed by atoms with Crippen LogP contribution in [0.5, 0.6) is 0 Å². The van der Waals surface area contributed by atoms with Crippen LogP contribution in [0.25, 0.3) is 0 Å². The molecule has 5 nitrogen and oxygen atoms in total. The molecule has 0 aliphatic heterocycles. The molecule has 0 saturated carbocycles. The second-order valence-corrected chi connectivity index (χ2v) is 5.49. The highest BCUT2D eigenvalue weighted by molar-refractivity contribution is 7.53. The Labute approximate surface area is 90.0 Å². The SMILES string of the molecule is CCOC(=O)CC(CC)(CC)P(=O)(O)O. The standard InChI is InChI=1S/C9H19O5P/c1-4-9(5-2,15(11,12)13)7-8(10)14-6-3/h4-7H2,1-3H3,(H2,11,12,13). The third kappa shape index (κ3) is 3.59. The molecule has 0 atom stereocenters. The lowest BCUT2D eigenvalue weighted by molar-refractivity contribution is -0.144. The third-order valence-electron chi connectivity index (χ3n) is 2.71. The Hall–Kier alpha value is -0.380. The fourth-order valence-corrected chi connectivity index (χ4v) is 2.65. The lowest BCUT2D eigenvalue weighted by atomic mass is 9.98. The molecule has 0 fully saturated rings. The van der Waals surface area contributed by atoms with Crippen LogP contribution in [0.2, 0.25) is 0 Å². The van der Waals surface area contributed by atoms with E-state index in [0.717, 1.165) is 0 Å². The van der Waals surface area contributed by atoms with E-state index in [1.807, 2.05) is 0 Å². The lowest BCUT2D eigenvalue weighted by Crippen LogP contribution is -2.31. The minimum atomic E-state index is -4.29. The first-order valence-corrected chi connectivity index (χ1v) is 6.65. The first-order chi connectivity index (χ1) is 6.83. The van der Waals surface area contributed by atoms with Gasteiger partial charge in [0.25, 0.3) is 0 Å². The van der Waals surface area contributed by atoms with Gasteiger partial charge in [0.15, 0.2) is 0 Å². The van der Waals surface area contributed by atoms with Crippen molar-refractivity contribution in [2.75, 3.05) is 6.61 Å². The topological polar surface area (TPSA) is 83.8 Å². The number of carbonyl (C=O) groups is 1. The monoisotopic (exact) mass is 238 g/mol. The van der Waals surface area contributed by atoms with Crippen molar-refractivity contribution in [3.63, 3.8) is 0 Å². The molecule has 6 heteroatoms. The van der Waals surface area contributed by atoms with E-state index in [1.165, 1.54) is 0 Å². The van der Waals surface area contributed by atoms with E-state index in [-0.39, 0.29) is 25.9 Å². The maximum Gasteiger partial charge on any atom is 0.332 e. The van der Waals surface area contributed by atoms with Crippen LogP contribution >= 0.6 is 7.60 Å². The van der Waals surface area contributed by atoms with Crippen LogP contribution in [0, 0.1) is 0 Å². The zero-order chi connectivity index (χ0) is 12.1.